The number of amides is 1. The monoisotopic (exact) mass is 977 g/mol. The van der Waals surface area contributed by atoms with Crippen molar-refractivity contribution in [3.05, 3.63) is 117 Å². The van der Waals surface area contributed by atoms with Gasteiger partial charge in [-0.15, -0.1) is 0 Å². The molecule has 2 N–H and O–H groups in total. The summed E-state index contributed by atoms with van der Waals surface area (Å²) in [4.78, 5) is 50.7. The van der Waals surface area contributed by atoms with Crippen LogP contribution in [-0.4, -0.2) is 116 Å². The molecule has 3 aromatic carbocycles. The molecule has 20 heteroatoms. The normalized spacial score (nSPS) is 18.2. The van der Waals surface area contributed by atoms with Crippen LogP contribution in [0.15, 0.2) is 89.6 Å². The lowest BCUT2D eigenvalue weighted by Gasteiger charge is -2.39. The molecule has 0 bridgehead atoms. The summed E-state index contributed by atoms with van der Waals surface area (Å²) in [6.07, 6.45) is 1.09. The number of Topliss-reactive ketones (excluding diaryl/α,β-unsaturated/α-hetero) is 1. The molecular weight excluding hydrogens is 927 g/mol. The van der Waals surface area contributed by atoms with Crippen molar-refractivity contribution in [1.29, 1.82) is 0 Å². The zero-order valence-electron chi connectivity index (χ0n) is 37.7. The largest absolute Gasteiger partial charge is 0.455 e. The number of hydrogen-bond acceptors (Lipinski definition) is 12. The number of H-pyrrole nitrogens is 1. The maximum atomic E-state index is 14.1. The molecule has 5 aromatic rings. The van der Waals surface area contributed by atoms with Crippen molar-refractivity contribution in [3.8, 4) is 11.5 Å². The van der Waals surface area contributed by atoms with E-state index in [2.05, 4.69) is 38.9 Å². The molecular formula is C48H51ClF3N7O8S. The van der Waals surface area contributed by atoms with E-state index in [1.165, 1.54) is 37.4 Å². The van der Waals surface area contributed by atoms with Crippen molar-refractivity contribution < 1.29 is 45.6 Å². The number of carbonyl (C=O) groups is 2. The Labute approximate surface area is 396 Å². The molecule has 0 spiro atoms. The van der Waals surface area contributed by atoms with Gasteiger partial charge in [0.2, 0.25) is 5.91 Å². The minimum Gasteiger partial charge on any atom is -0.455 e. The molecule has 2 saturated heterocycles. The molecule has 1 aliphatic carbocycles. The fraction of sp³-hybridized carbons (Fsp3) is 0.396. The Morgan fingerprint density at radius 1 is 1.04 bits per heavy atom. The van der Waals surface area contributed by atoms with Gasteiger partial charge in [0.1, 0.15) is 28.6 Å². The van der Waals surface area contributed by atoms with Gasteiger partial charge in [-0.2, -0.15) is 13.2 Å². The number of nitro benzene ring substituents is 1. The summed E-state index contributed by atoms with van der Waals surface area (Å²) in [6.45, 7) is 9.91. The summed E-state index contributed by atoms with van der Waals surface area (Å²) in [7, 11) is -4.43. The van der Waals surface area contributed by atoms with E-state index in [4.69, 9.17) is 21.1 Å². The Hall–Kier alpha value is -6.02. The summed E-state index contributed by atoms with van der Waals surface area (Å²) in [6, 6.07) is 15.0. The van der Waals surface area contributed by atoms with Crippen LogP contribution < -0.4 is 15.0 Å². The number of ketones is 1. The van der Waals surface area contributed by atoms with Crippen molar-refractivity contribution in [1.82, 2.24) is 19.8 Å². The Morgan fingerprint density at radius 3 is 2.54 bits per heavy atom. The highest BCUT2D eigenvalue weighted by molar-refractivity contribution is 7.92. The summed E-state index contributed by atoms with van der Waals surface area (Å²) >= 11 is 6.54. The molecule has 68 heavy (non-hydrogen) atoms. The Kier molecular flexibility index (Phi) is 13.9. The molecule has 8 rings (SSSR count). The number of nitro groups is 1. The van der Waals surface area contributed by atoms with Crippen molar-refractivity contribution in [2.45, 2.75) is 57.1 Å². The van der Waals surface area contributed by atoms with Gasteiger partial charge in [0.05, 0.1) is 46.4 Å². The quantitative estimate of drug-likeness (QED) is 0.0614. The highest BCUT2D eigenvalue weighted by Crippen LogP contribution is 2.46. The van der Waals surface area contributed by atoms with Crippen molar-refractivity contribution in [3.63, 3.8) is 0 Å². The number of nitrogens with zero attached hydrogens (tertiary/aromatic N) is 5. The number of halogens is 4. The lowest BCUT2D eigenvalue weighted by Crippen LogP contribution is -2.50. The van der Waals surface area contributed by atoms with Gasteiger partial charge in [0, 0.05) is 87.2 Å². The molecule has 0 saturated carbocycles. The third-order valence-electron chi connectivity index (χ3n) is 12.8. The van der Waals surface area contributed by atoms with Crippen LogP contribution in [0, 0.1) is 15.5 Å². The first-order valence-electron chi connectivity index (χ1n) is 22.2. The topological polar surface area (TPSA) is 180 Å². The van der Waals surface area contributed by atoms with E-state index < -0.39 is 54.7 Å². The maximum Gasteiger partial charge on any atom is 0.416 e. The van der Waals surface area contributed by atoms with E-state index in [1.807, 2.05) is 0 Å². The van der Waals surface area contributed by atoms with Gasteiger partial charge in [-0.1, -0.05) is 37.1 Å². The van der Waals surface area contributed by atoms with Crippen LogP contribution in [0.1, 0.15) is 61.5 Å². The average Bonchev–Trinajstić information content (AvgIpc) is 3.77. The molecule has 2 fully saturated rings. The molecule has 15 nitrogen and oxygen atoms in total. The van der Waals surface area contributed by atoms with Crippen LogP contribution in [0.25, 0.3) is 16.6 Å². The number of aromatic nitrogens is 2. The molecule has 1 amide bonds. The first-order valence-corrected chi connectivity index (χ1v) is 24.2. The number of ether oxygens (including phenoxy) is 2. The van der Waals surface area contributed by atoms with Crippen molar-refractivity contribution in [2.75, 3.05) is 75.0 Å². The van der Waals surface area contributed by atoms with Crippen LogP contribution in [-0.2, 0) is 25.5 Å². The number of rotatable bonds is 14. The predicted molar refractivity (Wildman–Crippen MR) is 252 cm³/mol. The number of anilines is 2. The van der Waals surface area contributed by atoms with E-state index in [-0.39, 0.29) is 46.5 Å². The third-order valence-corrected chi connectivity index (χ3v) is 14.8. The molecule has 2 aliphatic heterocycles. The standard InChI is InChI=1S/C48H51ClF3N7O8S/c1-30(60)58-18-19-66-28-35(58)25-54-42-9-6-37(23-43(42)59(62)63)68(64,65)29-44(61)39-8-5-34(22-45(39)67-36-20-31-11-13-53-46(31)55-26-36)57-16-14-56(15-17-57)27-32-10-12-47(2,3)24-40(32)38-7-4-33(21-41(38)49)48(50,51)52/h4-9,11,13,20-23,26,35,54H,10,12,14-19,24-25,27-29H2,1-3H3,(H,53,55). The van der Waals surface area contributed by atoms with Gasteiger partial charge >= 0.3 is 6.18 Å². The van der Waals surface area contributed by atoms with E-state index in [0.29, 0.717) is 69.3 Å². The zero-order valence-corrected chi connectivity index (χ0v) is 39.3. The number of nitrogens with one attached hydrogen (secondary N) is 2. The summed E-state index contributed by atoms with van der Waals surface area (Å²) in [5, 5.41) is 16.0. The minimum absolute atomic E-state index is 0.0238. The third kappa shape index (κ3) is 11.0. The van der Waals surface area contributed by atoms with E-state index in [1.54, 1.807) is 35.4 Å². The summed E-state index contributed by atoms with van der Waals surface area (Å²) < 4.78 is 80.0. The number of hydrogen-bond donors (Lipinski definition) is 2. The van der Waals surface area contributed by atoms with E-state index in [0.717, 1.165) is 53.3 Å². The number of piperazine rings is 1. The smallest absolute Gasteiger partial charge is 0.416 e. The number of sulfone groups is 1. The van der Waals surface area contributed by atoms with Gasteiger partial charge in [0.25, 0.3) is 5.69 Å². The Bertz CT molecular complexity index is 2900. The number of morpholine rings is 1. The van der Waals surface area contributed by atoms with Gasteiger partial charge in [-0.05, 0) is 84.3 Å². The number of aromatic amines is 1. The lowest BCUT2D eigenvalue weighted by molar-refractivity contribution is -0.384. The first-order chi connectivity index (χ1) is 32.2. The fourth-order valence-electron chi connectivity index (χ4n) is 9.09. The molecule has 360 valence electrons. The second kappa shape index (κ2) is 19.5. The predicted octanol–water partition coefficient (Wildman–Crippen LogP) is 9.04. The van der Waals surface area contributed by atoms with Gasteiger partial charge in [0.15, 0.2) is 15.6 Å². The Balaban J connectivity index is 1.00. The van der Waals surface area contributed by atoms with Crippen LogP contribution in [0.4, 0.5) is 30.2 Å². The second-order valence-electron chi connectivity index (χ2n) is 18.2. The fourth-order valence-corrected chi connectivity index (χ4v) is 10.6. The molecule has 1 unspecified atom stereocenters. The van der Waals surface area contributed by atoms with Crippen LogP contribution >= 0.6 is 11.6 Å². The molecule has 1 atom stereocenters. The lowest BCUT2D eigenvalue weighted by atomic mass is 9.72. The molecule has 2 aromatic heterocycles. The van der Waals surface area contributed by atoms with E-state index in [9.17, 15) is 41.3 Å². The average molecular weight is 978 g/mol. The van der Waals surface area contributed by atoms with Gasteiger partial charge in [-0.3, -0.25) is 24.6 Å². The molecule has 4 heterocycles. The highest BCUT2D eigenvalue weighted by atomic mass is 35.5. The van der Waals surface area contributed by atoms with Crippen LogP contribution in [0.2, 0.25) is 5.02 Å². The van der Waals surface area contributed by atoms with Crippen molar-refractivity contribution in [2.24, 2.45) is 5.41 Å². The van der Waals surface area contributed by atoms with Gasteiger partial charge < -0.3 is 29.6 Å². The van der Waals surface area contributed by atoms with Crippen LogP contribution in [0.5, 0.6) is 11.5 Å². The number of benzene rings is 3. The highest BCUT2D eigenvalue weighted by Gasteiger charge is 2.34. The molecule has 0 radical (unpaired) electrons. The van der Waals surface area contributed by atoms with Gasteiger partial charge in [-0.25, -0.2) is 13.4 Å². The van der Waals surface area contributed by atoms with E-state index >= 15 is 0 Å². The summed E-state index contributed by atoms with van der Waals surface area (Å²) in [5.41, 5.74) is 2.74. The van der Waals surface area contributed by atoms with Crippen LogP contribution in [0.3, 0.4) is 0 Å². The zero-order chi connectivity index (χ0) is 48.5. The minimum atomic E-state index is -4.50. The summed E-state index contributed by atoms with van der Waals surface area (Å²) in [5.74, 6) is -1.59. The maximum absolute atomic E-state index is 14.1. The number of fused-ring (bicyclic) bond motifs is 1. The second-order valence-corrected chi connectivity index (χ2v) is 20.6. The molecule has 3 aliphatic rings. The number of carbonyl (C=O) groups excluding carboxylic acids is 2. The number of allylic oxidation sites excluding steroid dienone is 1. The number of pyridine rings is 1. The Morgan fingerprint density at radius 2 is 1.82 bits per heavy atom. The SMILES string of the molecule is CC(=O)N1CCOCC1CNc1ccc(S(=O)(=O)CC(=O)c2ccc(N3CCN(CC4=C(c5ccc(C(F)(F)F)cc5Cl)CC(C)(C)CC4)CC3)cc2Oc2cnc3[nH]ccc3c2)cc1[N+](=O)[O-]. The van der Waals surface area contributed by atoms with Crippen molar-refractivity contribution >= 4 is 66.8 Å². The number of alkyl halides is 3. The first kappa shape index (κ1) is 48.4.